The third kappa shape index (κ3) is 8.58. The molecule has 2 nitrogen and oxygen atoms in total. The molecule has 1 rings (SSSR count). The van der Waals surface area contributed by atoms with E-state index in [0.717, 1.165) is 18.5 Å². The first-order valence-corrected chi connectivity index (χ1v) is 8.85. The molecule has 0 radical (unpaired) electrons. The minimum Gasteiger partial charge on any atom is -0.405 e. The van der Waals surface area contributed by atoms with Crippen LogP contribution in [-0.4, -0.2) is 24.9 Å². The van der Waals surface area contributed by atoms with Gasteiger partial charge in [0, 0.05) is 6.54 Å². The molecule has 0 saturated carbocycles. The summed E-state index contributed by atoms with van der Waals surface area (Å²) in [6.07, 6.45) is 0.950. The number of hydrogen-bond acceptors (Lipinski definition) is 3. The van der Waals surface area contributed by atoms with Crippen molar-refractivity contribution in [1.82, 2.24) is 5.32 Å². The van der Waals surface area contributed by atoms with E-state index in [1.165, 1.54) is 24.7 Å². The highest BCUT2D eigenvalue weighted by Gasteiger charge is 2.31. The van der Waals surface area contributed by atoms with E-state index >= 15 is 0 Å². The predicted molar refractivity (Wildman–Crippen MR) is 84.8 cm³/mol. The van der Waals surface area contributed by atoms with E-state index in [1.807, 2.05) is 11.8 Å². The Kier molecular flexibility index (Phi) is 8.51. The van der Waals surface area contributed by atoms with Crippen molar-refractivity contribution < 1.29 is 17.9 Å². The van der Waals surface area contributed by atoms with Gasteiger partial charge in [-0.1, -0.05) is 12.5 Å². The van der Waals surface area contributed by atoms with Crippen LogP contribution >= 0.6 is 27.7 Å². The Bertz CT molecular complexity index is 429. The number of nitrogens with one attached hydrogen (secondary N) is 1. The Morgan fingerprint density at radius 1 is 1.24 bits per heavy atom. The fraction of sp³-hybridized carbons (Fsp3) is 0.571. The lowest BCUT2D eigenvalue weighted by molar-refractivity contribution is -0.274. The number of benzene rings is 1. The van der Waals surface area contributed by atoms with Crippen LogP contribution in [0.25, 0.3) is 0 Å². The maximum Gasteiger partial charge on any atom is 0.573 e. The summed E-state index contributed by atoms with van der Waals surface area (Å²) in [6.45, 7) is 1.54. The Hall–Kier alpha value is -0.400. The fourth-order valence-electron chi connectivity index (χ4n) is 1.77. The first-order valence-electron chi connectivity index (χ1n) is 6.66. The van der Waals surface area contributed by atoms with Gasteiger partial charge in [0.1, 0.15) is 5.75 Å². The van der Waals surface area contributed by atoms with Gasteiger partial charge < -0.3 is 10.1 Å². The summed E-state index contributed by atoms with van der Waals surface area (Å²) < 4.78 is 40.6. The Morgan fingerprint density at radius 2 is 2.00 bits per heavy atom. The van der Waals surface area contributed by atoms with Crippen LogP contribution in [0.5, 0.6) is 5.75 Å². The van der Waals surface area contributed by atoms with Crippen molar-refractivity contribution in [2.45, 2.75) is 32.2 Å². The lowest BCUT2D eigenvalue weighted by Crippen LogP contribution is -2.18. The molecule has 0 aromatic heterocycles. The number of alkyl halides is 3. The van der Waals surface area contributed by atoms with Gasteiger partial charge in [-0.25, -0.2) is 0 Å². The molecular weight excluding hydrogens is 367 g/mol. The van der Waals surface area contributed by atoms with Gasteiger partial charge in [-0.05, 0) is 65.0 Å². The molecular formula is C14H19BrF3NOS. The second kappa shape index (κ2) is 9.58. The van der Waals surface area contributed by atoms with Crippen LogP contribution in [0.4, 0.5) is 13.2 Å². The molecule has 21 heavy (non-hydrogen) atoms. The molecule has 0 fully saturated rings. The number of thioether (sulfide) groups is 1. The monoisotopic (exact) mass is 385 g/mol. The quantitative estimate of drug-likeness (QED) is 0.606. The van der Waals surface area contributed by atoms with E-state index in [2.05, 4.69) is 32.2 Å². The smallest absolute Gasteiger partial charge is 0.405 e. The van der Waals surface area contributed by atoms with Gasteiger partial charge in [0.2, 0.25) is 0 Å². The van der Waals surface area contributed by atoms with Crippen LogP contribution in [-0.2, 0) is 6.54 Å². The van der Waals surface area contributed by atoms with Crippen molar-refractivity contribution in [3.05, 3.63) is 28.2 Å². The molecule has 0 aliphatic rings. The normalized spacial score (nSPS) is 11.7. The van der Waals surface area contributed by atoms with Crippen LogP contribution in [0.2, 0.25) is 0 Å². The lowest BCUT2D eigenvalue weighted by atomic mass is 10.2. The highest BCUT2D eigenvalue weighted by atomic mass is 79.9. The van der Waals surface area contributed by atoms with Crippen molar-refractivity contribution in [2.24, 2.45) is 0 Å². The van der Waals surface area contributed by atoms with Gasteiger partial charge in [0.15, 0.2) is 0 Å². The standard InChI is InChI=1S/C14H19BrF3NOS/c1-21-8-4-2-3-7-19-10-11-5-6-13(12(15)9-11)20-14(16,17)18/h5-6,9,19H,2-4,7-8,10H2,1H3. The molecule has 1 N–H and O–H groups in total. The zero-order valence-electron chi connectivity index (χ0n) is 11.8. The van der Waals surface area contributed by atoms with E-state index in [-0.39, 0.29) is 5.75 Å². The number of unbranched alkanes of at least 4 members (excludes halogenated alkanes) is 2. The molecule has 0 atom stereocenters. The highest BCUT2D eigenvalue weighted by Crippen LogP contribution is 2.30. The molecule has 0 saturated heterocycles. The van der Waals surface area contributed by atoms with Crippen LogP contribution in [0.15, 0.2) is 22.7 Å². The van der Waals surface area contributed by atoms with Crippen LogP contribution in [0.1, 0.15) is 24.8 Å². The van der Waals surface area contributed by atoms with Gasteiger partial charge in [0.25, 0.3) is 0 Å². The SMILES string of the molecule is CSCCCCCNCc1ccc(OC(F)(F)F)c(Br)c1. The van der Waals surface area contributed by atoms with Crippen LogP contribution in [0, 0.1) is 0 Å². The van der Waals surface area contributed by atoms with Crippen LogP contribution in [0.3, 0.4) is 0 Å². The first kappa shape index (κ1) is 18.6. The number of halogens is 4. The molecule has 0 aliphatic heterocycles. The van der Waals surface area contributed by atoms with Gasteiger partial charge in [-0.3, -0.25) is 0 Å². The molecule has 120 valence electrons. The Balaban J connectivity index is 2.32. The van der Waals surface area contributed by atoms with E-state index in [0.29, 0.717) is 11.0 Å². The summed E-state index contributed by atoms with van der Waals surface area (Å²) in [7, 11) is 0. The summed E-state index contributed by atoms with van der Waals surface area (Å²) in [5, 5.41) is 3.28. The zero-order chi connectivity index (χ0) is 15.7. The maximum absolute atomic E-state index is 12.1. The van der Waals surface area contributed by atoms with Gasteiger partial charge in [0.05, 0.1) is 4.47 Å². The molecule has 0 amide bonds. The fourth-order valence-corrected chi connectivity index (χ4v) is 2.77. The largest absolute Gasteiger partial charge is 0.573 e. The first-order chi connectivity index (χ1) is 9.92. The Labute approximate surface area is 136 Å². The summed E-state index contributed by atoms with van der Waals surface area (Å²) in [5.41, 5.74) is 0.917. The second-order valence-corrected chi connectivity index (χ2v) is 6.38. The number of hydrogen-bond donors (Lipinski definition) is 1. The van der Waals surface area contributed by atoms with Crippen molar-refractivity contribution in [1.29, 1.82) is 0 Å². The summed E-state index contributed by atoms with van der Waals surface area (Å²) in [5.74, 6) is 0.969. The average Bonchev–Trinajstić information content (AvgIpc) is 2.39. The minimum atomic E-state index is -4.67. The molecule has 0 aliphatic carbocycles. The van der Waals surface area contributed by atoms with Crippen LogP contribution < -0.4 is 10.1 Å². The third-order valence-corrected chi connectivity index (χ3v) is 4.07. The Morgan fingerprint density at radius 3 is 2.62 bits per heavy atom. The van der Waals surface area contributed by atoms with Crippen molar-refractivity contribution >= 4 is 27.7 Å². The molecule has 1 aromatic rings. The molecule has 1 aromatic carbocycles. The van der Waals surface area contributed by atoms with E-state index in [9.17, 15) is 13.2 Å². The average molecular weight is 386 g/mol. The molecule has 0 heterocycles. The second-order valence-electron chi connectivity index (χ2n) is 4.54. The molecule has 0 unspecified atom stereocenters. The third-order valence-electron chi connectivity index (χ3n) is 2.75. The van der Waals surface area contributed by atoms with Gasteiger partial charge in [-0.15, -0.1) is 13.2 Å². The predicted octanol–water partition coefficient (Wildman–Crippen LogP) is 4.97. The molecule has 7 heteroatoms. The molecule has 0 bridgehead atoms. The van der Waals surface area contributed by atoms with E-state index in [4.69, 9.17) is 0 Å². The summed E-state index contributed by atoms with van der Waals surface area (Å²) >= 11 is 4.95. The minimum absolute atomic E-state index is 0.219. The zero-order valence-corrected chi connectivity index (χ0v) is 14.2. The lowest BCUT2D eigenvalue weighted by Gasteiger charge is -2.12. The topological polar surface area (TPSA) is 21.3 Å². The van der Waals surface area contributed by atoms with Crippen molar-refractivity contribution in [2.75, 3.05) is 18.6 Å². The van der Waals surface area contributed by atoms with Crippen molar-refractivity contribution in [3.63, 3.8) is 0 Å². The number of ether oxygens (including phenoxy) is 1. The van der Waals surface area contributed by atoms with E-state index in [1.54, 1.807) is 12.1 Å². The van der Waals surface area contributed by atoms with Crippen molar-refractivity contribution in [3.8, 4) is 5.75 Å². The van der Waals surface area contributed by atoms with Gasteiger partial charge in [-0.2, -0.15) is 11.8 Å². The highest BCUT2D eigenvalue weighted by molar-refractivity contribution is 9.10. The maximum atomic E-state index is 12.1. The van der Waals surface area contributed by atoms with Gasteiger partial charge >= 0.3 is 6.36 Å². The summed E-state index contributed by atoms with van der Waals surface area (Å²) in [6, 6.07) is 4.60. The van der Waals surface area contributed by atoms with E-state index < -0.39 is 6.36 Å². The number of rotatable bonds is 9. The molecule has 0 spiro atoms. The summed E-state index contributed by atoms with van der Waals surface area (Å²) in [4.78, 5) is 0.